The fourth-order valence-electron chi connectivity index (χ4n) is 0.824. The lowest BCUT2D eigenvalue weighted by Crippen LogP contribution is -2.38. The summed E-state index contributed by atoms with van der Waals surface area (Å²) in [5.41, 5.74) is 0. The molecule has 0 aliphatic heterocycles. The molecule has 0 aliphatic carbocycles. The molecule has 0 spiro atoms. The van der Waals surface area contributed by atoms with Crippen molar-refractivity contribution in [3.8, 4) is 0 Å². The van der Waals surface area contributed by atoms with Gasteiger partial charge in [0.25, 0.3) is 0 Å². The van der Waals surface area contributed by atoms with Crippen molar-refractivity contribution in [2.75, 3.05) is 19.3 Å². The van der Waals surface area contributed by atoms with Crippen molar-refractivity contribution in [2.24, 2.45) is 0 Å². The Morgan fingerprint density at radius 1 is 1.40 bits per heavy atom. The van der Waals surface area contributed by atoms with Crippen molar-refractivity contribution in [1.82, 2.24) is 10.6 Å². The summed E-state index contributed by atoms with van der Waals surface area (Å²) in [6.45, 7) is 3.03. The fraction of sp³-hybridized carbons (Fsp3) is 0.778. The molecule has 0 saturated heterocycles. The predicted octanol–water partition coefficient (Wildman–Crippen LogP) is 0.902. The van der Waals surface area contributed by atoms with Crippen molar-refractivity contribution in [2.45, 2.75) is 25.0 Å². The molecule has 0 aromatic heterocycles. The zero-order chi connectivity index (χ0) is 11.7. The highest BCUT2D eigenvalue weighted by atomic mass is 32.2. The largest absolute Gasteiger partial charge is 0.481 e. The van der Waals surface area contributed by atoms with Crippen molar-refractivity contribution in [3.63, 3.8) is 0 Å². The van der Waals surface area contributed by atoms with Crippen molar-refractivity contribution in [3.05, 3.63) is 0 Å². The van der Waals surface area contributed by atoms with Crippen molar-refractivity contribution in [1.29, 1.82) is 0 Å². The average molecular weight is 234 g/mol. The minimum Gasteiger partial charge on any atom is -0.481 e. The average Bonchev–Trinajstić information content (AvgIpc) is 2.20. The van der Waals surface area contributed by atoms with Gasteiger partial charge >= 0.3 is 12.0 Å². The first-order chi connectivity index (χ1) is 7.06. The van der Waals surface area contributed by atoms with E-state index in [9.17, 15) is 9.59 Å². The summed E-state index contributed by atoms with van der Waals surface area (Å²) >= 11 is 1.68. The molecule has 0 aliphatic rings. The highest BCUT2D eigenvalue weighted by Gasteiger charge is 2.03. The highest BCUT2D eigenvalue weighted by Crippen LogP contribution is 2.01. The molecule has 6 heteroatoms. The molecule has 0 bridgehead atoms. The number of aliphatic carboxylic acids is 1. The van der Waals surface area contributed by atoms with E-state index < -0.39 is 5.97 Å². The van der Waals surface area contributed by atoms with Gasteiger partial charge in [-0.1, -0.05) is 6.92 Å². The number of hydrogen-bond donors (Lipinski definition) is 3. The first kappa shape index (κ1) is 14.1. The van der Waals surface area contributed by atoms with Gasteiger partial charge in [-0.3, -0.25) is 4.79 Å². The van der Waals surface area contributed by atoms with Gasteiger partial charge in [-0.05, 0) is 12.7 Å². The third-order valence-corrected chi connectivity index (χ3v) is 2.78. The summed E-state index contributed by atoms with van der Waals surface area (Å²) in [4.78, 5) is 21.3. The second-order valence-corrected chi connectivity index (χ2v) is 4.46. The summed E-state index contributed by atoms with van der Waals surface area (Å²) in [5.74, 6) is -0.840. The summed E-state index contributed by atoms with van der Waals surface area (Å²) in [7, 11) is 0. The zero-order valence-electron chi connectivity index (χ0n) is 9.08. The second kappa shape index (κ2) is 8.40. The maximum Gasteiger partial charge on any atom is 0.314 e. The number of carboxylic acids is 1. The van der Waals surface area contributed by atoms with E-state index in [2.05, 4.69) is 10.6 Å². The Balaban J connectivity index is 3.37. The summed E-state index contributed by atoms with van der Waals surface area (Å²) in [5, 5.41) is 14.0. The first-order valence-electron chi connectivity index (χ1n) is 4.82. The van der Waals surface area contributed by atoms with Crippen LogP contribution in [0.15, 0.2) is 0 Å². The van der Waals surface area contributed by atoms with E-state index in [4.69, 9.17) is 5.11 Å². The van der Waals surface area contributed by atoms with Gasteiger partial charge in [-0.2, -0.15) is 11.8 Å². The zero-order valence-corrected chi connectivity index (χ0v) is 9.89. The van der Waals surface area contributed by atoms with Gasteiger partial charge in [-0.15, -0.1) is 0 Å². The maximum absolute atomic E-state index is 11.1. The number of carboxylic acid groups (broad SMARTS) is 1. The Hall–Kier alpha value is -0.910. The molecule has 15 heavy (non-hydrogen) atoms. The summed E-state index contributed by atoms with van der Waals surface area (Å²) < 4.78 is 0. The topological polar surface area (TPSA) is 78.4 Å². The third-order valence-electron chi connectivity index (χ3n) is 1.81. The molecule has 0 saturated carbocycles. The molecule has 5 nitrogen and oxygen atoms in total. The normalized spacial score (nSPS) is 11.9. The molecule has 0 aromatic rings. The summed E-state index contributed by atoms with van der Waals surface area (Å²) in [6.07, 6.45) is 2.53. The number of thioether (sulfide) groups is 1. The van der Waals surface area contributed by atoms with Crippen LogP contribution in [-0.2, 0) is 4.79 Å². The van der Waals surface area contributed by atoms with Gasteiger partial charge in [0.15, 0.2) is 0 Å². The monoisotopic (exact) mass is 234 g/mol. The van der Waals surface area contributed by atoms with Crippen LogP contribution in [0.2, 0.25) is 0 Å². The van der Waals surface area contributed by atoms with Crippen LogP contribution in [0.3, 0.4) is 0 Å². The number of hydrogen-bond acceptors (Lipinski definition) is 3. The van der Waals surface area contributed by atoms with E-state index >= 15 is 0 Å². The fourth-order valence-corrected chi connectivity index (χ4v) is 1.07. The van der Waals surface area contributed by atoms with Crippen molar-refractivity contribution < 1.29 is 14.7 Å². The van der Waals surface area contributed by atoms with Gasteiger partial charge < -0.3 is 15.7 Å². The van der Waals surface area contributed by atoms with Crippen LogP contribution in [0.25, 0.3) is 0 Å². The Labute approximate surface area is 94.0 Å². The minimum absolute atomic E-state index is 0.0848. The molecule has 1 unspecified atom stereocenters. The number of carbonyl (C=O) groups excluding carboxylic acids is 1. The van der Waals surface area contributed by atoms with Crippen LogP contribution < -0.4 is 10.6 Å². The van der Waals surface area contributed by atoms with Crippen LogP contribution in [0.1, 0.15) is 19.8 Å². The molecule has 2 amide bonds. The molecule has 0 fully saturated rings. The highest BCUT2D eigenvalue weighted by molar-refractivity contribution is 7.99. The third kappa shape index (κ3) is 9.40. The van der Waals surface area contributed by atoms with Crippen LogP contribution >= 0.6 is 11.8 Å². The van der Waals surface area contributed by atoms with Gasteiger partial charge in [0.1, 0.15) is 0 Å². The van der Waals surface area contributed by atoms with E-state index in [1.165, 1.54) is 0 Å². The molecule has 0 radical (unpaired) electrons. The number of carbonyl (C=O) groups is 2. The van der Waals surface area contributed by atoms with E-state index in [1.54, 1.807) is 11.8 Å². The molecule has 0 rings (SSSR count). The van der Waals surface area contributed by atoms with Crippen molar-refractivity contribution >= 4 is 23.8 Å². The molecular weight excluding hydrogens is 216 g/mol. The lowest BCUT2D eigenvalue weighted by atomic mass is 10.3. The maximum atomic E-state index is 11.1. The van der Waals surface area contributed by atoms with Crippen LogP contribution in [-0.4, -0.2) is 41.7 Å². The van der Waals surface area contributed by atoms with Crippen LogP contribution in [0.4, 0.5) is 4.79 Å². The van der Waals surface area contributed by atoms with E-state index in [1.807, 2.05) is 13.2 Å². The van der Waals surface area contributed by atoms with Gasteiger partial charge in [0, 0.05) is 24.8 Å². The van der Waals surface area contributed by atoms with Gasteiger partial charge in [0.2, 0.25) is 0 Å². The molecule has 3 N–H and O–H groups in total. The van der Waals surface area contributed by atoms with Crippen LogP contribution in [0.5, 0.6) is 0 Å². The Morgan fingerprint density at radius 3 is 2.60 bits per heavy atom. The van der Waals surface area contributed by atoms with E-state index in [0.717, 1.165) is 0 Å². The Kier molecular flexibility index (Phi) is 7.89. The second-order valence-electron chi connectivity index (χ2n) is 3.18. The number of amides is 2. The first-order valence-corrected chi connectivity index (χ1v) is 6.11. The molecule has 0 heterocycles. The molecular formula is C9H18N2O3S. The van der Waals surface area contributed by atoms with E-state index in [-0.39, 0.29) is 12.5 Å². The van der Waals surface area contributed by atoms with Gasteiger partial charge in [0.05, 0.1) is 0 Å². The lowest BCUT2D eigenvalue weighted by Gasteiger charge is -2.10. The molecule has 88 valence electrons. The lowest BCUT2D eigenvalue weighted by molar-refractivity contribution is -0.137. The predicted molar refractivity (Wildman–Crippen MR) is 61.2 cm³/mol. The Morgan fingerprint density at radius 2 is 2.07 bits per heavy atom. The number of urea groups is 1. The minimum atomic E-state index is -0.840. The standard InChI is InChI=1S/C9H18N2O3S/c1-7(15-2)6-11-9(14)10-5-3-4-8(12)13/h7H,3-6H2,1-2H3,(H,12,13)(H2,10,11,14). The smallest absolute Gasteiger partial charge is 0.314 e. The van der Waals surface area contributed by atoms with Gasteiger partial charge in [-0.25, -0.2) is 4.79 Å². The quantitative estimate of drug-likeness (QED) is 0.572. The molecule has 0 aromatic carbocycles. The number of nitrogens with one attached hydrogen (secondary N) is 2. The SMILES string of the molecule is CSC(C)CNC(=O)NCCCC(=O)O. The Bertz CT molecular complexity index is 212. The van der Waals surface area contributed by atoms with E-state index in [0.29, 0.717) is 24.8 Å². The molecule has 1 atom stereocenters. The van der Waals surface area contributed by atoms with Crippen LogP contribution in [0, 0.1) is 0 Å². The summed E-state index contributed by atoms with van der Waals surface area (Å²) in [6, 6.07) is -0.235. The number of rotatable bonds is 7.